The highest BCUT2D eigenvalue weighted by Gasteiger charge is 2.51. The number of carbonyl (C=O) groups is 1. The minimum absolute atomic E-state index is 0.240. The summed E-state index contributed by atoms with van der Waals surface area (Å²) in [6.45, 7) is 2.61. The third kappa shape index (κ3) is 23.1. The molecule has 2 aliphatic heterocycles. The Kier molecular flexibility index (Phi) is 32.5. The van der Waals surface area contributed by atoms with Gasteiger partial charge in [-0.25, -0.2) is 0 Å². The van der Waals surface area contributed by atoms with Crippen LogP contribution in [0.2, 0.25) is 0 Å². The molecule has 1 amide bonds. The fourth-order valence-corrected chi connectivity index (χ4v) is 8.45. The van der Waals surface area contributed by atoms with Gasteiger partial charge >= 0.3 is 0 Å². The molecule has 0 bridgehead atoms. The first-order valence-electron chi connectivity index (χ1n) is 24.8. The van der Waals surface area contributed by atoms with Crippen LogP contribution in [0.4, 0.5) is 0 Å². The van der Waals surface area contributed by atoms with Crippen molar-refractivity contribution in [2.45, 2.75) is 274 Å². The van der Waals surface area contributed by atoms with E-state index < -0.39 is 86.8 Å². The van der Waals surface area contributed by atoms with Gasteiger partial charge < -0.3 is 65.1 Å². The molecule has 2 aliphatic rings. The monoisotopic (exact) mass is 878 g/mol. The molecule has 2 rings (SSSR count). The van der Waals surface area contributed by atoms with E-state index >= 15 is 0 Å². The Morgan fingerprint density at radius 1 is 0.525 bits per heavy atom. The number of aliphatic hydroxyl groups excluding tert-OH is 8. The van der Waals surface area contributed by atoms with Crippen molar-refractivity contribution in [3.8, 4) is 0 Å². The van der Waals surface area contributed by atoms with Crippen molar-refractivity contribution in [1.29, 1.82) is 0 Å². The standard InChI is InChI=1S/C47H91NO13/c1-3-5-7-8-9-10-11-12-13-14-15-16-17-18-19-20-21-22-23-24-25-26-27-28-29-30-36(51)35(48-39(52)31-6-4-2)34-58-46-44(57)42(55)45(38(33-50)60-46)61-47-43(56)41(54)40(53)37(32-49)59-47/h35-38,40-47,49-51,53-57H,3-34H2,1-2H3,(H,48,52). The molecule has 0 radical (unpaired) electrons. The van der Waals surface area contributed by atoms with Gasteiger partial charge in [-0.3, -0.25) is 4.79 Å². The normalized spacial score (nSPS) is 27.9. The van der Waals surface area contributed by atoms with Crippen LogP contribution < -0.4 is 5.32 Å². The van der Waals surface area contributed by atoms with E-state index in [1.165, 1.54) is 135 Å². The lowest BCUT2D eigenvalue weighted by Crippen LogP contribution is -2.65. The molecule has 12 unspecified atom stereocenters. The zero-order valence-corrected chi connectivity index (χ0v) is 38.2. The highest BCUT2D eigenvalue weighted by Crippen LogP contribution is 2.30. The topological polar surface area (TPSA) is 228 Å². The van der Waals surface area contributed by atoms with Crippen LogP contribution in [-0.4, -0.2) is 140 Å². The SMILES string of the molecule is CCCCCCCCCCCCCCCCCCCCCCCCCCCC(O)C(COC1OC(CO)C(OC2OC(CO)C(O)C(O)C2O)C(O)C1O)NC(=O)CCCC. The van der Waals surface area contributed by atoms with Crippen molar-refractivity contribution < 1.29 is 64.6 Å². The summed E-state index contributed by atoms with van der Waals surface area (Å²) in [5.41, 5.74) is 0. The first kappa shape index (κ1) is 56.1. The number of ether oxygens (including phenoxy) is 4. The Bertz CT molecular complexity index is 1040. The fourth-order valence-electron chi connectivity index (χ4n) is 8.45. The van der Waals surface area contributed by atoms with Crippen LogP contribution in [0.3, 0.4) is 0 Å². The highest BCUT2D eigenvalue weighted by molar-refractivity contribution is 5.76. The van der Waals surface area contributed by atoms with Gasteiger partial charge in [-0.05, 0) is 12.8 Å². The number of rotatable bonds is 38. The molecule has 0 aromatic carbocycles. The van der Waals surface area contributed by atoms with Crippen molar-refractivity contribution >= 4 is 5.91 Å². The summed E-state index contributed by atoms with van der Waals surface area (Å²) in [6, 6.07) is -0.817. The van der Waals surface area contributed by atoms with Crippen LogP contribution >= 0.6 is 0 Å². The first-order chi connectivity index (χ1) is 29.6. The zero-order valence-electron chi connectivity index (χ0n) is 38.2. The van der Waals surface area contributed by atoms with Crippen LogP contribution in [0.15, 0.2) is 0 Å². The Morgan fingerprint density at radius 2 is 0.934 bits per heavy atom. The molecular weight excluding hydrogens is 787 g/mol. The van der Waals surface area contributed by atoms with Gasteiger partial charge in [0, 0.05) is 6.42 Å². The number of aliphatic hydroxyl groups is 8. The Balaban J connectivity index is 1.60. The zero-order chi connectivity index (χ0) is 44.7. The molecule has 2 fully saturated rings. The second-order valence-corrected chi connectivity index (χ2v) is 18.0. The molecule has 0 spiro atoms. The maximum atomic E-state index is 12.7. The third-order valence-electron chi connectivity index (χ3n) is 12.6. The van der Waals surface area contributed by atoms with Gasteiger partial charge in [-0.1, -0.05) is 181 Å². The average molecular weight is 878 g/mol. The molecule has 12 atom stereocenters. The second kappa shape index (κ2) is 35.3. The van der Waals surface area contributed by atoms with Gasteiger partial charge in [-0.15, -0.1) is 0 Å². The number of nitrogens with one attached hydrogen (secondary N) is 1. The smallest absolute Gasteiger partial charge is 0.220 e. The largest absolute Gasteiger partial charge is 0.394 e. The Hall–Kier alpha value is -1.01. The van der Waals surface area contributed by atoms with E-state index in [4.69, 9.17) is 18.9 Å². The number of carbonyl (C=O) groups excluding carboxylic acids is 1. The van der Waals surface area contributed by atoms with Crippen molar-refractivity contribution in [1.82, 2.24) is 5.32 Å². The molecule has 362 valence electrons. The summed E-state index contributed by atoms with van der Waals surface area (Å²) < 4.78 is 22.5. The van der Waals surface area contributed by atoms with Crippen LogP contribution in [0.1, 0.15) is 200 Å². The number of unbranched alkanes of at least 4 members (excludes halogenated alkanes) is 25. The molecule has 0 aromatic rings. The molecule has 14 nitrogen and oxygen atoms in total. The van der Waals surface area contributed by atoms with Gasteiger partial charge in [-0.2, -0.15) is 0 Å². The molecule has 2 saturated heterocycles. The highest BCUT2D eigenvalue weighted by atomic mass is 16.7. The number of hydrogen-bond acceptors (Lipinski definition) is 13. The van der Waals surface area contributed by atoms with Crippen LogP contribution in [0.25, 0.3) is 0 Å². The van der Waals surface area contributed by atoms with E-state index in [-0.39, 0.29) is 18.9 Å². The molecule has 9 N–H and O–H groups in total. The number of hydrogen-bond donors (Lipinski definition) is 9. The molecule has 61 heavy (non-hydrogen) atoms. The van der Waals surface area contributed by atoms with Crippen molar-refractivity contribution in [2.75, 3.05) is 19.8 Å². The minimum Gasteiger partial charge on any atom is -0.394 e. The first-order valence-corrected chi connectivity index (χ1v) is 24.8. The maximum Gasteiger partial charge on any atom is 0.220 e. The average Bonchev–Trinajstić information content (AvgIpc) is 3.26. The molecular formula is C47H91NO13. The molecule has 0 aliphatic carbocycles. The van der Waals surface area contributed by atoms with E-state index in [0.29, 0.717) is 12.8 Å². The van der Waals surface area contributed by atoms with E-state index in [9.17, 15) is 45.6 Å². The summed E-state index contributed by atoms with van der Waals surface area (Å²) >= 11 is 0. The lowest BCUT2D eigenvalue weighted by atomic mass is 9.97. The van der Waals surface area contributed by atoms with E-state index in [1.807, 2.05) is 6.92 Å². The Morgan fingerprint density at radius 3 is 1.38 bits per heavy atom. The fraction of sp³-hybridized carbons (Fsp3) is 0.979. The van der Waals surface area contributed by atoms with Gasteiger partial charge in [0.1, 0.15) is 48.8 Å². The lowest BCUT2D eigenvalue weighted by Gasteiger charge is -2.46. The van der Waals surface area contributed by atoms with Crippen LogP contribution in [0, 0.1) is 0 Å². The quantitative estimate of drug-likeness (QED) is 0.0334. The third-order valence-corrected chi connectivity index (χ3v) is 12.6. The maximum absolute atomic E-state index is 12.7. The molecule has 2 heterocycles. The van der Waals surface area contributed by atoms with Gasteiger partial charge in [0.2, 0.25) is 5.91 Å². The summed E-state index contributed by atoms with van der Waals surface area (Å²) in [7, 11) is 0. The molecule has 0 aromatic heterocycles. The van der Waals surface area contributed by atoms with Crippen molar-refractivity contribution in [2.24, 2.45) is 0 Å². The van der Waals surface area contributed by atoms with Crippen LogP contribution in [-0.2, 0) is 23.7 Å². The summed E-state index contributed by atoms with van der Waals surface area (Å²) in [5, 5.41) is 86.0. The summed E-state index contributed by atoms with van der Waals surface area (Å²) in [6.07, 6.45) is 18.4. The van der Waals surface area contributed by atoms with Crippen molar-refractivity contribution in [3.63, 3.8) is 0 Å². The predicted molar refractivity (Wildman–Crippen MR) is 236 cm³/mol. The molecule has 0 saturated carbocycles. The predicted octanol–water partition coefficient (Wildman–Crippen LogP) is 5.83. The van der Waals surface area contributed by atoms with E-state index in [0.717, 1.165) is 32.1 Å². The Labute approximate surface area is 368 Å². The van der Waals surface area contributed by atoms with Crippen molar-refractivity contribution in [3.05, 3.63) is 0 Å². The number of amides is 1. The van der Waals surface area contributed by atoms with E-state index in [1.54, 1.807) is 0 Å². The minimum atomic E-state index is -1.78. The van der Waals surface area contributed by atoms with Gasteiger partial charge in [0.15, 0.2) is 12.6 Å². The summed E-state index contributed by atoms with van der Waals surface area (Å²) in [5.74, 6) is -0.240. The summed E-state index contributed by atoms with van der Waals surface area (Å²) in [4.78, 5) is 12.7. The van der Waals surface area contributed by atoms with Gasteiger partial charge in [0.25, 0.3) is 0 Å². The lowest BCUT2D eigenvalue weighted by molar-refractivity contribution is -0.359. The second-order valence-electron chi connectivity index (χ2n) is 18.0. The van der Waals surface area contributed by atoms with E-state index in [2.05, 4.69) is 12.2 Å². The van der Waals surface area contributed by atoms with Gasteiger partial charge in [0.05, 0.1) is 32.0 Å². The molecule has 14 heteroatoms. The van der Waals surface area contributed by atoms with Crippen LogP contribution in [0.5, 0.6) is 0 Å².